The Morgan fingerprint density at radius 1 is 1.42 bits per heavy atom. The van der Waals surface area contributed by atoms with Crippen LogP contribution in [0.2, 0.25) is 0 Å². The Bertz CT molecular complexity index is 526. The van der Waals surface area contributed by atoms with Crippen molar-refractivity contribution >= 4 is 6.09 Å². The molecule has 6 atom stereocenters. The number of ether oxygens (including phenoxy) is 4. The van der Waals surface area contributed by atoms with E-state index >= 15 is 0 Å². The standard InChI is InChI=1S/C18H29NO5/c1-11(2)6-7-13-17(3,24-13)15-14(21-5)12(23-16(20)19-4)8-9-18(15)10-22-18/h6,12-15H,7-10H2,1-5H3,(H,19,20)/t12?,13-,14?,15?,17?,18+/m1/s1. The lowest BCUT2D eigenvalue weighted by atomic mass is 9.68. The van der Waals surface area contributed by atoms with Crippen molar-refractivity contribution in [2.24, 2.45) is 5.92 Å². The number of amides is 1. The van der Waals surface area contributed by atoms with Crippen LogP contribution in [0.4, 0.5) is 4.79 Å². The zero-order valence-electron chi connectivity index (χ0n) is 15.3. The van der Waals surface area contributed by atoms with Gasteiger partial charge in [-0.3, -0.25) is 0 Å². The van der Waals surface area contributed by atoms with Gasteiger partial charge in [-0.05, 0) is 40.0 Å². The number of alkyl carbamates (subject to hydrolysis) is 1. The maximum Gasteiger partial charge on any atom is 0.407 e. The predicted molar refractivity (Wildman–Crippen MR) is 88.9 cm³/mol. The smallest absolute Gasteiger partial charge is 0.407 e. The van der Waals surface area contributed by atoms with E-state index in [-0.39, 0.29) is 35.4 Å². The van der Waals surface area contributed by atoms with Crippen LogP contribution in [0.1, 0.15) is 40.0 Å². The number of allylic oxidation sites excluding steroid dienone is 1. The fourth-order valence-electron chi connectivity index (χ4n) is 4.27. The minimum atomic E-state index is -0.420. The van der Waals surface area contributed by atoms with Crippen molar-refractivity contribution in [3.63, 3.8) is 0 Å². The van der Waals surface area contributed by atoms with Gasteiger partial charge in [0.15, 0.2) is 0 Å². The Hall–Kier alpha value is -1.11. The highest BCUT2D eigenvalue weighted by molar-refractivity contribution is 5.67. The lowest BCUT2D eigenvalue weighted by Crippen LogP contribution is -2.56. The third-order valence-corrected chi connectivity index (χ3v) is 5.70. The maximum atomic E-state index is 11.7. The number of hydrogen-bond acceptors (Lipinski definition) is 5. The van der Waals surface area contributed by atoms with Crippen molar-refractivity contribution < 1.29 is 23.7 Å². The summed E-state index contributed by atoms with van der Waals surface area (Å²) in [5.74, 6) is 0.0639. The molecular formula is C18H29NO5. The maximum absolute atomic E-state index is 11.7. The first-order valence-corrected chi connectivity index (χ1v) is 8.72. The van der Waals surface area contributed by atoms with Crippen LogP contribution in [0.25, 0.3) is 0 Å². The fraction of sp³-hybridized carbons (Fsp3) is 0.833. The van der Waals surface area contributed by atoms with Crippen LogP contribution in [0.15, 0.2) is 11.6 Å². The van der Waals surface area contributed by atoms with Gasteiger partial charge in [-0.1, -0.05) is 11.6 Å². The molecule has 136 valence electrons. The van der Waals surface area contributed by atoms with E-state index in [1.807, 2.05) is 0 Å². The Morgan fingerprint density at radius 3 is 2.67 bits per heavy atom. The van der Waals surface area contributed by atoms with E-state index in [1.54, 1.807) is 14.2 Å². The molecule has 0 aromatic rings. The molecule has 3 rings (SSSR count). The van der Waals surface area contributed by atoms with E-state index in [4.69, 9.17) is 18.9 Å². The zero-order valence-corrected chi connectivity index (χ0v) is 15.3. The molecule has 1 saturated carbocycles. The van der Waals surface area contributed by atoms with E-state index in [1.165, 1.54) is 5.57 Å². The molecule has 1 spiro atoms. The first-order valence-electron chi connectivity index (χ1n) is 8.72. The number of carbonyl (C=O) groups is 1. The molecule has 2 saturated heterocycles. The third-order valence-electron chi connectivity index (χ3n) is 5.70. The largest absolute Gasteiger partial charge is 0.443 e. The molecule has 2 heterocycles. The summed E-state index contributed by atoms with van der Waals surface area (Å²) in [4.78, 5) is 11.7. The fourth-order valence-corrected chi connectivity index (χ4v) is 4.27. The monoisotopic (exact) mass is 339 g/mol. The molecule has 0 radical (unpaired) electrons. The average Bonchev–Trinajstić information content (AvgIpc) is 3.45. The minimum Gasteiger partial charge on any atom is -0.443 e. The second kappa shape index (κ2) is 6.32. The molecule has 0 aromatic heterocycles. The van der Waals surface area contributed by atoms with E-state index in [0.717, 1.165) is 25.9 Å². The van der Waals surface area contributed by atoms with Gasteiger partial charge in [0, 0.05) is 14.2 Å². The van der Waals surface area contributed by atoms with Crippen LogP contribution in [0, 0.1) is 5.92 Å². The number of hydrogen-bond donors (Lipinski definition) is 1. The molecule has 3 fully saturated rings. The molecule has 24 heavy (non-hydrogen) atoms. The molecule has 3 aliphatic rings. The van der Waals surface area contributed by atoms with E-state index in [9.17, 15) is 4.79 Å². The summed E-state index contributed by atoms with van der Waals surface area (Å²) in [6.45, 7) is 7.06. The zero-order chi connectivity index (χ0) is 17.5. The SMILES string of the molecule is CNC(=O)OC1CC[C@]2(CO2)C(C2(C)O[C@@H]2CC=C(C)C)C1OC. The van der Waals surface area contributed by atoms with Gasteiger partial charge >= 0.3 is 6.09 Å². The van der Waals surface area contributed by atoms with Gasteiger partial charge in [0.05, 0.1) is 18.6 Å². The van der Waals surface area contributed by atoms with Crippen molar-refractivity contribution in [3.05, 3.63) is 11.6 Å². The van der Waals surface area contributed by atoms with Gasteiger partial charge in [0.25, 0.3) is 0 Å². The Kier molecular flexibility index (Phi) is 4.66. The van der Waals surface area contributed by atoms with Crippen molar-refractivity contribution in [1.82, 2.24) is 5.32 Å². The molecular weight excluding hydrogens is 310 g/mol. The Balaban J connectivity index is 1.78. The van der Waals surface area contributed by atoms with Crippen LogP contribution in [-0.4, -0.2) is 56.4 Å². The molecule has 4 unspecified atom stereocenters. The van der Waals surface area contributed by atoms with Crippen molar-refractivity contribution in [2.75, 3.05) is 20.8 Å². The second-order valence-corrected chi connectivity index (χ2v) is 7.57. The summed E-state index contributed by atoms with van der Waals surface area (Å²) in [7, 11) is 3.24. The van der Waals surface area contributed by atoms with Crippen molar-refractivity contribution in [2.45, 2.75) is 69.5 Å². The lowest BCUT2D eigenvalue weighted by molar-refractivity contribution is -0.117. The highest BCUT2D eigenvalue weighted by atomic mass is 16.6. The van der Waals surface area contributed by atoms with Crippen LogP contribution in [-0.2, 0) is 18.9 Å². The summed E-state index contributed by atoms with van der Waals surface area (Å²) in [6, 6.07) is 0. The molecule has 0 aromatic carbocycles. The van der Waals surface area contributed by atoms with E-state index in [2.05, 4.69) is 32.2 Å². The van der Waals surface area contributed by atoms with Crippen molar-refractivity contribution in [1.29, 1.82) is 0 Å². The molecule has 6 heteroatoms. The first-order chi connectivity index (χ1) is 11.4. The van der Waals surface area contributed by atoms with E-state index in [0.29, 0.717) is 0 Å². The number of methoxy groups -OCH3 is 1. The van der Waals surface area contributed by atoms with Crippen LogP contribution < -0.4 is 5.32 Å². The highest BCUT2D eigenvalue weighted by Crippen LogP contribution is 2.59. The molecule has 1 amide bonds. The van der Waals surface area contributed by atoms with Gasteiger partial charge in [-0.2, -0.15) is 0 Å². The lowest BCUT2D eigenvalue weighted by Gasteiger charge is -2.42. The first kappa shape index (κ1) is 17.7. The van der Waals surface area contributed by atoms with Crippen molar-refractivity contribution in [3.8, 4) is 0 Å². The number of rotatable bonds is 5. The highest BCUT2D eigenvalue weighted by Gasteiger charge is 2.72. The van der Waals surface area contributed by atoms with Gasteiger partial charge < -0.3 is 24.3 Å². The molecule has 2 aliphatic heterocycles. The van der Waals surface area contributed by atoms with Gasteiger partial charge in [0.1, 0.15) is 23.4 Å². The average molecular weight is 339 g/mol. The summed E-state index contributed by atoms with van der Waals surface area (Å²) in [6.07, 6.45) is 3.96. The predicted octanol–water partition coefficient (Wildman–Crippen LogP) is 2.42. The van der Waals surface area contributed by atoms with Gasteiger partial charge in [-0.25, -0.2) is 4.79 Å². The third kappa shape index (κ3) is 3.07. The number of nitrogens with one attached hydrogen (secondary N) is 1. The molecule has 1 N–H and O–H groups in total. The minimum absolute atomic E-state index is 0.0639. The second-order valence-electron chi connectivity index (χ2n) is 7.57. The summed E-state index contributed by atoms with van der Waals surface area (Å²) in [5.41, 5.74) is 0.809. The Morgan fingerprint density at radius 2 is 2.12 bits per heavy atom. The van der Waals surface area contributed by atoms with Crippen LogP contribution in [0.3, 0.4) is 0 Å². The molecule has 6 nitrogen and oxygen atoms in total. The summed E-state index contributed by atoms with van der Waals surface area (Å²) in [5, 5.41) is 2.52. The Labute approximate surface area is 143 Å². The molecule has 0 bridgehead atoms. The number of carbonyl (C=O) groups excluding carboxylic acids is 1. The van der Waals surface area contributed by atoms with Crippen LogP contribution >= 0.6 is 0 Å². The summed E-state index contributed by atoms with van der Waals surface area (Å²) < 4.78 is 23.3. The molecule has 1 aliphatic carbocycles. The normalized spacial score (nSPS) is 43.2. The van der Waals surface area contributed by atoms with Gasteiger partial charge in [-0.15, -0.1) is 0 Å². The van der Waals surface area contributed by atoms with Gasteiger partial charge in [0.2, 0.25) is 0 Å². The quantitative estimate of drug-likeness (QED) is 0.615. The topological polar surface area (TPSA) is 72.6 Å². The summed E-state index contributed by atoms with van der Waals surface area (Å²) >= 11 is 0. The van der Waals surface area contributed by atoms with Crippen LogP contribution in [0.5, 0.6) is 0 Å². The van der Waals surface area contributed by atoms with E-state index < -0.39 is 6.09 Å². The number of epoxide rings is 2.